The molecule has 238 valence electrons. The molecule has 1 heterocycles. The summed E-state index contributed by atoms with van der Waals surface area (Å²) in [7, 11) is -3.62. The minimum atomic E-state index is -5.19. The lowest BCUT2D eigenvalue weighted by atomic mass is 10.0. The second-order valence-electron chi connectivity index (χ2n) is 9.03. The lowest BCUT2D eigenvalue weighted by Gasteiger charge is -2.12. The lowest BCUT2D eigenvalue weighted by molar-refractivity contribution is -0.344. The van der Waals surface area contributed by atoms with Crippen LogP contribution in [0.3, 0.4) is 0 Å². The molecule has 3 aromatic carbocycles. The van der Waals surface area contributed by atoms with Gasteiger partial charge in [-0.15, -0.1) is 0 Å². The fourth-order valence-electron chi connectivity index (χ4n) is 3.69. The molecule has 0 aliphatic carbocycles. The van der Waals surface area contributed by atoms with Gasteiger partial charge in [-0.05, 0) is 42.0 Å². The van der Waals surface area contributed by atoms with Crippen molar-refractivity contribution >= 4 is 33.2 Å². The number of carboxylic acid groups (broad SMARTS) is 1. The third-order valence-corrected chi connectivity index (χ3v) is 6.86. The normalized spacial score (nSPS) is 11.7. The molecule has 1 aromatic heterocycles. The predicted octanol–water partition coefficient (Wildman–Crippen LogP) is 2.12. The van der Waals surface area contributed by atoms with Crippen LogP contribution in [0.2, 0.25) is 0 Å². The maximum atomic E-state index is 15.0. The number of aromatic nitrogens is 2. The van der Waals surface area contributed by atoms with Gasteiger partial charge in [0.2, 0.25) is 0 Å². The van der Waals surface area contributed by atoms with E-state index in [-0.39, 0.29) is 33.2 Å². The van der Waals surface area contributed by atoms with E-state index in [0.717, 1.165) is 17.0 Å². The van der Waals surface area contributed by atoms with Gasteiger partial charge in [0.05, 0.1) is 21.8 Å². The highest BCUT2D eigenvalue weighted by molar-refractivity contribution is 7.90. The first-order valence-corrected chi connectivity index (χ1v) is 13.9. The minimum absolute atomic E-state index is 0.0163. The van der Waals surface area contributed by atoms with Crippen molar-refractivity contribution < 1.29 is 59.3 Å². The van der Waals surface area contributed by atoms with Crippen LogP contribution >= 0.6 is 0 Å². The van der Waals surface area contributed by atoms with Gasteiger partial charge in [-0.3, -0.25) is 15.9 Å². The number of benzene rings is 3. The number of halogens is 7. The number of hydrogen-bond acceptors (Lipinski definition) is 6. The van der Waals surface area contributed by atoms with E-state index >= 15 is 4.39 Å². The molecule has 0 saturated heterocycles. The Hall–Kier alpha value is -5.26. The largest absolute Gasteiger partial charge is 0.542 e. The van der Waals surface area contributed by atoms with Crippen molar-refractivity contribution in [2.75, 3.05) is 11.6 Å². The number of hydrogen-bond donors (Lipinski definition) is 3. The number of anilines is 1. The van der Waals surface area contributed by atoms with Gasteiger partial charge in [0.1, 0.15) is 17.5 Å². The molecule has 0 saturated carbocycles. The number of carboxylic acids is 1. The highest BCUT2D eigenvalue weighted by Gasteiger charge is 2.36. The van der Waals surface area contributed by atoms with Gasteiger partial charge in [-0.1, -0.05) is 30.3 Å². The smallest absolute Gasteiger partial charge is 0.435 e. The van der Waals surface area contributed by atoms with Crippen molar-refractivity contribution in [3.05, 3.63) is 95.6 Å². The monoisotopic (exact) mass is 659 g/mol. The highest BCUT2D eigenvalue weighted by Crippen LogP contribution is 2.32. The van der Waals surface area contributed by atoms with Crippen molar-refractivity contribution in [1.82, 2.24) is 9.78 Å². The Balaban J connectivity index is 0.000000707. The Bertz CT molecular complexity index is 1890. The van der Waals surface area contributed by atoms with Crippen LogP contribution < -0.4 is 21.6 Å². The highest BCUT2D eigenvalue weighted by atomic mass is 32.2. The molecule has 0 aliphatic heterocycles. The molecule has 1 amide bonds. The fraction of sp³-hybridized carbons (Fsp3) is 0.111. The van der Waals surface area contributed by atoms with Gasteiger partial charge in [0.15, 0.2) is 15.5 Å². The van der Waals surface area contributed by atoms with Gasteiger partial charge in [0, 0.05) is 17.9 Å². The van der Waals surface area contributed by atoms with E-state index < -0.39 is 51.3 Å². The van der Waals surface area contributed by atoms with E-state index in [2.05, 4.69) is 10.4 Å². The molecule has 4 rings (SSSR count). The third kappa shape index (κ3) is 8.43. The minimum Gasteiger partial charge on any atom is -0.542 e. The zero-order valence-electron chi connectivity index (χ0n) is 22.6. The van der Waals surface area contributed by atoms with Crippen LogP contribution in [0.5, 0.6) is 0 Å². The topological polar surface area (TPSA) is 173 Å². The molecule has 0 atom stereocenters. The number of nitrogens with two attached hydrogens (primary N) is 2. The second-order valence-corrected chi connectivity index (χ2v) is 11.0. The maximum Gasteiger partial charge on any atom is 0.435 e. The molecular weight excluding hydrogens is 639 g/mol. The van der Waals surface area contributed by atoms with E-state index in [1.165, 1.54) is 54.6 Å². The van der Waals surface area contributed by atoms with Gasteiger partial charge in [-0.2, -0.15) is 31.4 Å². The molecule has 0 bridgehead atoms. The summed E-state index contributed by atoms with van der Waals surface area (Å²) >= 11 is 0. The Morgan fingerprint density at radius 3 is 2.11 bits per heavy atom. The van der Waals surface area contributed by atoms with E-state index in [4.69, 9.17) is 21.0 Å². The molecule has 18 heteroatoms. The first kappa shape index (κ1) is 34.2. The van der Waals surface area contributed by atoms with Gasteiger partial charge in [0.25, 0.3) is 11.7 Å². The van der Waals surface area contributed by atoms with Crippen LogP contribution in [-0.2, 0) is 20.8 Å². The van der Waals surface area contributed by atoms with Crippen LogP contribution in [0.25, 0.3) is 16.8 Å². The third-order valence-electron chi connectivity index (χ3n) is 5.70. The van der Waals surface area contributed by atoms with Crippen LogP contribution in [0.1, 0.15) is 21.7 Å². The average Bonchev–Trinajstić information content (AvgIpc) is 3.40. The first-order valence-electron chi connectivity index (χ1n) is 12.0. The molecule has 0 spiro atoms. The predicted molar refractivity (Wildman–Crippen MR) is 143 cm³/mol. The van der Waals surface area contributed by atoms with E-state index in [1.54, 1.807) is 6.07 Å². The maximum absolute atomic E-state index is 15.0. The summed E-state index contributed by atoms with van der Waals surface area (Å²) in [6.45, 7) is 0. The fourth-order valence-corrected chi connectivity index (χ4v) is 4.61. The Kier molecular flexibility index (Phi) is 9.71. The number of nitrogens with zero attached hydrogens (tertiary/aromatic N) is 2. The zero-order valence-corrected chi connectivity index (χ0v) is 23.4. The molecule has 45 heavy (non-hydrogen) atoms. The number of rotatable bonds is 6. The Labute approximate surface area is 249 Å². The van der Waals surface area contributed by atoms with Crippen molar-refractivity contribution in [3.8, 4) is 16.8 Å². The number of aliphatic carboxylic acids is 1. The summed E-state index contributed by atoms with van der Waals surface area (Å²) < 4.78 is 112. The number of amides is 1. The van der Waals surface area contributed by atoms with E-state index in [1.807, 2.05) is 0 Å². The quantitative estimate of drug-likeness (QED) is 0.162. The number of sulfone groups is 1. The van der Waals surface area contributed by atoms with Crippen molar-refractivity contribution in [3.63, 3.8) is 0 Å². The summed E-state index contributed by atoms with van der Waals surface area (Å²) in [5.74, 6) is -5.12. The van der Waals surface area contributed by atoms with Crippen molar-refractivity contribution in [1.29, 1.82) is 0 Å². The SMILES string of the molecule is CS(=O)(=O)c1ccccc1-c1ccc(NC(=O)c2cc(C(F)(F)F)nn2-c2cccc(C(N)=[NH2+])c2)c(F)c1.O=C([O-])C(F)(F)F. The Morgan fingerprint density at radius 2 is 1.58 bits per heavy atom. The van der Waals surface area contributed by atoms with Gasteiger partial charge >= 0.3 is 12.4 Å². The van der Waals surface area contributed by atoms with Crippen LogP contribution in [0.15, 0.2) is 77.7 Å². The summed E-state index contributed by atoms with van der Waals surface area (Å²) in [6, 6.07) is 15.8. The second kappa shape index (κ2) is 12.8. The molecule has 0 fully saturated rings. The van der Waals surface area contributed by atoms with Crippen molar-refractivity contribution in [2.24, 2.45) is 5.73 Å². The first-order chi connectivity index (χ1) is 20.7. The van der Waals surface area contributed by atoms with Crippen molar-refractivity contribution in [2.45, 2.75) is 17.2 Å². The molecule has 5 N–H and O–H groups in total. The number of nitrogens with one attached hydrogen (secondary N) is 1. The zero-order chi connectivity index (χ0) is 33.9. The summed E-state index contributed by atoms with van der Waals surface area (Å²) in [4.78, 5) is 21.8. The molecule has 0 radical (unpaired) electrons. The van der Waals surface area contributed by atoms with Gasteiger partial charge in [-0.25, -0.2) is 17.5 Å². The number of carbonyl (C=O) groups excluding carboxylic acids is 2. The average molecular weight is 660 g/mol. The summed E-state index contributed by atoms with van der Waals surface area (Å²) in [5, 5.41) is 20.1. The van der Waals surface area contributed by atoms with E-state index in [9.17, 15) is 39.6 Å². The number of amidine groups is 1. The van der Waals surface area contributed by atoms with Gasteiger partial charge < -0.3 is 15.2 Å². The summed E-state index contributed by atoms with van der Waals surface area (Å²) in [6.07, 6.45) is -9.04. The Morgan fingerprint density at radius 1 is 0.956 bits per heavy atom. The molecule has 0 aliphatic rings. The number of carbonyl (C=O) groups is 2. The lowest BCUT2D eigenvalue weighted by Crippen LogP contribution is -2.46. The molecule has 4 aromatic rings. The summed E-state index contributed by atoms with van der Waals surface area (Å²) in [5.41, 5.74) is 4.18. The van der Waals surface area contributed by atoms with Crippen LogP contribution in [0, 0.1) is 5.82 Å². The number of alkyl halides is 6. The standard InChI is InChI=1S/C25H19F4N5O3S.C2HF3O2/c1-38(36,37)21-8-3-2-7-17(21)14-9-10-19(18(26)12-14)32-24(35)20-13-22(25(27,28)29)33-34(20)16-6-4-5-15(11-16)23(30)31;3-2(4,5)1(6)7/h2-13H,1H3,(H3,30,31)(H,32,35);(H,6,7). The molecule has 0 unspecified atom stereocenters. The molecule has 10 nitrogen and oxygen atoms in total. The van der Waals surface area contributed by atoms with E-state index in [0.29, 0.717) is 11.6 Å². The van der Waals surface area contributed by atoms with Crippen LogP contribution in [0.4, 0.5) is 36.4 Å². The molecular formula is C27H20F7N5O5S. The van der Waals surface area contributed by atoms with Crippen LogP contribution in [-0.4, -0.2) is 48.3 Å².